The van der Waals surface area contributed by atoms with E-state index < -0.39 is 5.60 Å². The van der Waals surface area contributed by atoms with Gasteiger partial charge < -0.3 is 25.0 Å². The van der Waals surface area contributed by atoms with Crippen LogP contribution in [0.5, 0.6) is 0 Å². The molecule has 136 valence electrons. The number of rotatable bonds is 9. The first-order chi connectivity index (χ1) is 10.8. The number of amides is 1. The average molecular weight is 330 g/mol. The van der Waals surface area contributed by atoms with E-state index >= 15 is 0 Å². The first-order valence-electron chi connectivity index (χ1n) is 8.41. The lowest BCUT2D eigenvalue weighted by molar-refractivity contribution is 0.0264. The number of hydrogen-bond donors (Lipinski definition) is 2. The number of hydrogen-bond acceptors (Lipinski definition) is 4. The molecular formula is C16H34N4O3. The molecule has 1 amide bonds. The highest BCUT2D eigenvalue weighted by Gasteiger charge is 2.20. The predicted octanol–water partition coefficient (Wildman–Crippen LogP) is 1.83. The molecular weight excluding hydrogens is 296 g/mol. The van der Waals surface area contributed by atoms with E-state index in [1.54, 1.807) is 4.90 Å². The minimum absolute atomic E-state index is 0.292. The second-order valence-corrected chi connectivity index (χ2v) is 5.94. The molecule has 0 aliphatic carbocycles. The highest BCUT2D eigenvalue weighted by Crippen LogP contribution is 2.09. The Morgan fingerprint density at radius 2 is 1.87 bits per heavy atom. The van der Waals surface area contributed by atoms with E-state index in [1.807, 2.05) is 41.5 Å². The zero-order valence-corrected chi connectivity index (χ0v) is 15.6. The van der Waals surface area contributed by atoms with Crippen LogP contribution in [0.3, 0.4) is 0 Å². The molecule has 0 atom stereocenters. The summed E-state index contributed by atoms with van der Waals surface area (Å²) in [5.74, 6) is 0.729. The summed E-state index contributed by atoms with van der Waals surface area (Å²) in [6.07, 6.45) is -0.292. The molecule has 0 fully saturated rings. The Hall–Kier alpha value is -1.50. The third-order valence-corrected chi connectivity index (χ3v) is 2.76. The number of nitrogens with one attached hydrogen (secondary N) is 2. The van der Waals surface area contributed by atoms with Crippen molar-refractivity contribution in [2.45, 2.75) is 47.1 Å². The third kappa shape index (κ3) is 11.7. The SMILES string of the molecule is CCNC(=NCCOCC)NCCN(CC)C(=O)OC(C)(C)C. The van der Waals surface area contributed by atoms with Gasteiger partial charge in [-0.15, -0.1) is 0 Å². The van der Waals surface area contributed by atoms with Crippen molar-refractivity contribution in [1.29, 1.82) is 0 Å². The maximum absolute atomic E-state index is 12.0. The second-order valence-electron chi connectivity index (χ2n) is 5.94. The first kappa shape index (κ1) is 21.5. The quantitative estimate of drug-likeness (QED) is 0.383. The standard InChI is InChI=1S/C16H34N4O3/c1-7-17-14(19-11-13-22-9-3)18-10-12-20(8-2)15(21)23-16(4,5)6/h7-13H2,1-6H3,(H2,17,18,19). The van der Waals surface area contributed by atoms with Gasteiger partial charge in [-0.1, -0.05) is 0 Å². The van der Waals surface area contributed by atoms with Gasteiger partial charge in [0.2, 0.25) is 0 Å². The molecule has 0 saturated carbocycles. The lowest BCUT2D eigenvalue weighted by Crippen LogP contribution is -2.44. The lowest BCUT2D eigenvalue weighted by atomic mass is 10.2. The summed E-state index contributed by atoms with van der Waals surface area (Å²) < 4.78 is 10.7. The van der Waals surface area contributed by atoms with Gasteiger partial charge in [-0.25, -0.2) is 4.79 Å². The molecule has 0 rings (SSSR count). The van der Waals surface area contributed by atoms with Crippen LogP contribution in [0, 0.1) is 0 Å². The molecule has 7 heteroatoms. The molecule has 0 bridgehead atoms. The molecule has 0 heterocycles. The number of carbonyl (C=O) groups is 1. The van der Waals surface area contributed by atoms with E-state index in [9.17, 15) is 4.79 Å². The van der Waals surface area contributed by atoms with Crippen LogP contribution in [0.2, 0.25) is 0 Å². The number of ether oxygens (including phenoxy) is 2. The van der Waals surface area contributed by atoms with Crippen molar-refractivity contribution in [3.63, 3.8) is 0 Å². The van der Waals surface area contributed by atoms with Gasteiger partial charge in [0.15, 0.2) is 5.96 Å². The van der Waals surface area contributed by atoms with Gasteiger partial charge in [-0.3, -0.25) is 4.99 Å². The van der Waals surface area contributed by atoms with Crippen LogP contribution in [0.25, 0.3) is 0 Å². The number of carbonyl (C=O) groups excluding carboxylic acids is 1. The molecule has 0 aliphatic rings. The lowest BCUT2D eigenvalue weighted by Gasteiger charge is -2.26. The second kappa shape index (κ2) is 12.0. The predicted molar refractivity (Wildman–Crippen MR) is 94.0 cm³/mol. The van der Waals surface area contributed by atoms with Gasteiger partial charge in [0.1, 0.15) is 5.60 Å². The number of nitrogens with zero attached hydrogens (tertiary/aromatic N) is 2. The van der Waals surface area contributed by atoms with Crippen LogP contribution in [0.15, 0.2) is 4.99 Å². The summed E-state index contributed by atoms with van der Waals surface area (Å²) in [4.78, 5) is 18.1. The molecule has 0 radical (unpaired) electrons. The molecule has 0 unspecified atom stereocenters. The van der Waals surface area contributed by atoms with Crippen LogP contribution in [0.4, 0.5) is 4.79 Å². The van der Waals surface area contributed by atoms with Crippen LogP contribution in [-0.4, -0.2) is 68.5 Å². The van der Waals surface area contributed by atoms with Crippen LogP contribution in [-0.2, 0) is 9.47 Å². The Balaban J connectivity index is 4.29. The smallest absolute Gasteiger partial charge is 0.410 e. The minimum atomic E-state index is -0.479. The van der Waals surface area contributed by atoms with Gasteiger partial charge in [-0.2, -0.15) is 0 Å². The van der Waals surface area contributed by atoms with Gasteiger partial charge in [0.25, 0.3) is 0 Å². The number of guanidine groups is 1. The Kier molecular flexibility index (Phi) is 11.2. The highest BCUT2D eigenvalue weighted by atomic mass is 16.6. The molecule has 0 saturated heterocycles. The monoisotopic (exact) mass is 330 g/mol. The van der Waals surface area contributed by atoms with Crippen molar-refractivity contribution in [3.05, 3.63) is 0 Å². The van der Waals surface area contributed by atoms with E-state index in [-0.39, 0.29) is 6.09 Å². The van der Waals surface area contributed by atoms with Crippen LogP contribution < -0.4 is 10.6 Å². The molecule has 0 aliphatic heterocycles. The van der Waals surface area contributed by atoms with Crippen molar-refractivity contribution in [2.24, 2.45) is 4.99 Å². The number of aliphatic imine (C=N–C) groups is 1. The summed E-state index contributed by atoms with van der Waals surface area (Å²) in [5.41, 5.74) is -0.479. The normalized spacial score (nSPS) is 12.0. The minimum Gasteiger partial charge on any atom is -0.444 e. The van der Waals surface area contributed by atoms with E-state index in [0.717, 1.165) is 12.5 Å². The zero-order valence-electron chi connectivity index (χ0n) is 15.6. The summed E-state index contributed by atoms with van der Waals surface area (Å²) in [6.45, 7) is 16.0. The van der Waals surface area contributed by atoms with Gasteiger partial charge in [-0.05, 0) is 41.5 Å². The summed E-state index contributed by atoms with van der Waals surface area (Å²) in [7, 11) is 0. The average Bonchev–Trinajstić information content (AvgIpc) is 2.46. The molecule has 0 spiro atoms. The summed E-state index contributed by atoms with van der Waals surface area (Å²) in [5, 5.41) is 6.38. The Morgan fingerprint density at radius 1 is 1.17 bits per heavy atom. The molecule has 0 aromatic rings. The molecule has 23 heavy (non-hydrogen) atoms. The molecule has 7 nitrogen and oxygen atoms in total. The van der Waals surface area contributed by atoms with E-state index in [1.165, 1.54) is 0 Å². The fourth-order valence-corrected chi connectivity index (χ4v) is 1.72. The van der Waals surface area contributed by atoms with Crippen LogP contribution in [0.1, 0.15) is 41.5 Å². The van der Waals surface area contributed by atoms with Crippen molar-refractivity contribution in [2.75, 3.05) is 45.9 Å². The van der Waals surface area contributed by atoms with Crippen molar-refractivity contribution in [1.82, 2.24) is 15.5 Å². The van der Waals surface area contributed by atoms with E-state index in [0.29, 0.717) is 39.4 Å². The maximum atomic E-state index is 12.0. The number of likely N-dealkylation sites (N-methyl/N-ethyl adjacent to an activating group) is 1. The van der Waals surface area contributed by atoms with Gasteiger partial charge in [0, 0.05) is 32.8 Å². The Labute approximate surface area is 140 Å². The molecule has 0 aromatic heterocycles. The fourth-order valence-electron chi connectivity index (χ4n) is 1.72. The third-order valence-electron chi connectivity index (χ3n) is 2.76. The Bertz CT molecular complexity index is 354. The van der Waals surface area contributed by atoms with E-state index in [4.69, 9.17) is 9.47 Å². The van der Waals surface area contributed by atoms with Gasteiger partial charge >= 0.3 is 6.09 Å². The maximum Gasteiger partial charge on any atom is 0.410 e. The first-order valence-corrected chi connectivity index (χ1v) is 8.41. The molecule has 2 N–H and O–H groups in total. The highest BCUT2D eigenvalue weighted by molar-refractivity contribution is 5.79. The van der Waals surface area contributed by atoms with Crippen molar-refractivity contribution < 1.29 is 14.3 Å². The van der Waals surface area contributed by atoms with Gasteiger partial charge in [0.05, 0.1) is 13.2 Å². The summed E-state index contributed by atoms with van der Waals surface area (Å²) in [6, 6.07) is 0. The zero-order chi connectivity index (χ0) is 17.7. The van der Waals surface area contributed by atoms with Crippen molar-refractivity contribution >= 4 is 12.1 Å². The Morgan fingerprint density at radius 3 is 2.39 bits per heavy atom. The largest absolute Gasteiger partial charge is 0.444 e. The van der Waals surface area contributed by atoms with Crippen molar-refractivity contribution in [3.8, 4) is 0 Å². The topological polar surface area (TPSA) is 75.2 Å². The molecule has 0 aromatic carbocycles. The fraction of sp³-hybridized carbons (Fsp3) is 0.875. The van der Waals surface area contributed by atoms with E-state index in [2.05, 4.69) is 15.6 Å². The summed E-state index contributed by atoms with van der Waals surface area (Å²) >= 11 is 0. The van der Waals surface area contributed by atoms with Crippen LogP contribution >= 0.6 is 0 Å².